The summed E-state index contributed by atoms with van der Waals surface area (Å²) >= 11 is 0. The van der Waals surface area contributed by atoms with Gasteiger partial charge in [0.2, 0.25) is 18.2 Å². The summed E-state index contributed by atoms with van der Waals surface area (Å²) in [6, 6.07) is 8.60. The molecule has 0 aromatic heterocycles. The third kappa shape index (κ3) is 5.75. The summed E-state index contributed by atoms with van der Waals surface area (Å²) in [4.78, 5) is 45.5. The maximum absolute atomic E-state index is 13.4. The molecule has 0 spiro atoms. The Morgan fingerprint density at radius 2 is 1.83 bits per heavy atom. The first kappa shape index (κ1) is 24.8. The number of benzene rings is 1. The van der Waals surface area contributed by atoms with Gasteiger partial charge in [0, 0.05) is 63.8 Å². The Kier molecular flexibility index (Phi) is 7.90. The molecule has 36 heavy (non-hydrogen) atoms. The number of fused-ring (bicyclic) bond motifs is 3. The minimum absolute atomic E-state index is 0.125. The highest BCUT2D eigenvalue weighted by atomic mass is 16.5. The molecule has 3 heterocycles. The number of piperazine rings is 1. The standard InChI is InChI=1S/C28H38N4O4/c33-21-29-12-14-30(15-13-29)27(34)17-22-10-11-31-18-23(22)6-4-16-36-26-9-2-1-5-24(26)19-32(20-28(31)35)25-7-3-8-25/h1-2,4-6,9,21-23,25H,3,7-8,10-20H2/b6-4-/t22-,23-/m0/s1. The molecule has 1 aliphatic carbocycles. The second-order valence-electron chi connectivity index (χ2n) is 10.6. The van der Waals surface area contributed by atoms with Crippen molar-refractivity contribution >= 4 is 18.2 Å². The zero-order valence-corrected chi connectivity index (χ0v) is 21.1. The number of piperidine rings is 1. The Hall–Kier alpha value is -2.87. The van der Waals surface area contributed by atoms with Crippen molar-refractivity contribution in [2.45, 2.75) is 44.7 Å². The van der Waals surface area contributed by atoms with Crippen LogP contribution in [0.3, 0.4) is 0 Å². The Bertz CT molecular complexity index is 970. The van der Waals surface area contributed by atoms with Crippen molar-refractivity contribution in [1.82, 2.24) is 19.6 Å². The minimum atomic E-state index is 0.125. The number of rotatable bonds is 4. The van der Waals surface area contributed by atoms with E-state index in [2.05, 4.69) is 23.1 Å². The van der Waals surface area contributed by atoms with Crippen molar-refractivity contribution < 1.29 is 19.1 Å². The Labute approximate surface area is 213 Å². The van der Waals surface area contributed by atoms with Gasteiger partial charge in [-0.25, -0.2) is 0 Å². The summed E-state index contributed by atoms with van der Waals surface area (Å²) in [7, 11) is 0. The average Bonchev–Trinajstić information content (AvgIpc) is 2.87. The maximum atomic E-state index is 13.4. The monoisotopic (exact) mass is 494 g/mol. The molecule has 8 nitrogen and oxygen atoms in total. The van der Waals surface area contributed by atoms with Gasteiger partial charge in [-0.3, -0.25) is 19.3 Å². The third-order valence-electron chi connectivity index (χ3n) is 8.41. The van der Waals surface area contributed by atoms with E-state index in [0.717, 1.165) is 43.5 Å². The number of hydrogen-bond donors (Lipinski definition) is 0. The molecule has 3 fully saturated rings. The summed E-state index contributed by atoms with van der Waals surface area (Å²) in [6.07, 6.45) is 9.89. The van der Waals surface area contributed by atoms with Gasteiger partial charge < -0.3 is 19.4 Å². The first-order valence-electron chi connectivity index (χ1n) is 13.5. The second kappa shape index (κ2) is 11.5. The van der Waals surface area contributed by atoms with Crippen LogP contribution in [0.1, 0.15) is 37.7 Å². The van der Waals surface area contributed by atoms with Gasteiger partial charge in [-0.05, 0) is 37.2 Å². The predicted molar refractivity (Wildman–Crippen MR) is 136 cm³/mol. The number of carbonyl (C=O) groups excluding carboxylic acids is 3. The lowest BCUT2D eigenvalue weighted by atomic mass is 9.82. The molecule has 3 aliphatic heterocycles. The number of hydrogen-bond acceptors (Lipinski definition) is 5. The van der Waals surface area contributed by atoms with Gasteiger partial charge in [-0.1, -0.05) is 36.8 Å². The van der Waals surface area contributed by atoms with Crippen LogP contribution < -0.4 is 4.74 Å². The SMILES string of the molecule is O=CN1CCN(C(=O)C[C@@H]2CCN3C[C@@H]2/C=C\COc2ccccc2CN(C2CCC2)CC3=O)CC1. The summed E-state index contributed by atoms with van der Waals surface area (Å²) in [6.45, 7) is 5.37. The first-order valence-corrected chi connectivity index (χ1v) is 13.5. The van der Waals surface area contributed by atoms with Gasteiger partial charge in [-0.2, -0.15) is 0 Å². The van der Waals surface area contributed by atoms with Crippen molar-refractivity contribution in [3.8, 4) is 5.75 Å². The quantitative estimate of drug-likeness (QED) is 0.474. The lowest BCUT2D eigenvalue weighted by molar-refractivity contribution is -0.138. The van der Waals surface area contributed by atoms with Crippen molar-refractivity contribution in [2.24, 2.45) is 11.8 Å². The molecule has 5 rings (SSSR count). The molecule has 2 saturated heterocycles. The second-order valence-corrected chi connectivity index (χ2v) is 10.6. The Morgan fingerprint density at radius 3 is 2.58 bits per heavy atom. The van der Waals surface area contributed by atoms with Gasteiger partial charge in [-0.15, -0.1) is 0 Å². The van der Waals surface area contributed by atoms with E-state index in [1.807, 2.05) is 28.0 Å². The molecule has 0 radical (unpaired) electrons. The molecule has 0 N–H and O–H groups in total. The van der Waals surface area contributed by atoms with Crippen LogP contribution in [0.5, 0.6) is 5.75 Å². The van der Waals surface area contributed by atoms with Crippen molar-refractivity contribution in [3.05, 3.63) is 42.0 Å². The van der Waals surface area contributed by atoms with E-state index in [4.69, 9.17) is 4.74 Å². The first-order chi connectivity index (χ1) is 17.6. The number of ether oxygens (including phenoxy) is 1. The highest BCUT2D eigenvalue weighted by Crippen LogP contribution is 2.32. The molecule has 8 heteroatoms. The number of para-hydroxylation sites is 1. The van der Waals surface area contributed by atoms with Gasteiger partial charge in [0.05, 0.1) is 6.54 Å². The minimum Gasteiger partial charge on any atom is -0.489 e. The van der Waals surface area contributed by atoms with E-state index in [9.17, 15) is 14.4 Å². The molecular formula is C28H38N4O4. The molecule has 3 amide bonds. The fourth-order valence-electron chi connectivity index (χ4n) is 5.86. The van der Waals surface area contributed by atoms with Crippen LogP contribution in [-0.2, 0) is 20.9 Å². The normalized spacial score (nSPS) is 27.0. The highest BCUT2D eigenvalue weighted by molar-refractivity contribution is 5.79. The van der Waals surface area contributed by atoms with Crippen LogP contribution >= 0.6 is 0 Å². The highest BCUT2D eigenvalue weighted by Gasteiger charge is 2.35. The molecule has 2 atom stereocenters. The van der Waals surface area contributed by atoms with E-state index in [0.29, 0.717) is 64.9 Å². The maximum Gasteiger partial charge on any atom is 0.236 e. The topological polar surface area (TPSA) is 73.4 Å². The number of nitrogens with zero attached hydrogens (tertiary/aromatic N) is 4. The lowest BCUT2D eigenvalue weighted by Crippen LogP contribution is -2.51. The summed E-state index contributed by atoms with van der Waals surface area (Å²) < 4.78 is 6.16. The fraction of sp³-hybridized carbons (Fsp3) is 0.607. The number of amides is 3. The molecule has 194 valence electrons. The zero-order chi connectivity index (χ0) is 24.9. The lowest BCUT2D eigenvalue weighted by Gasteiger charge is -2.41. The molecule has 0 unspecified atom stereocenters. The molecule has 4 aliphatic rings. The zero-order valence-electron chi connectivity index (χ0n) is 21.1. The predicted octanol–water partition coefficient (Wildman–Crippen LogP) is 2.15. The molecular weight excluding hydrogens is 456 g/mol. The van der Waals surface area contributed by atoms with Gasteiger partial charge in [0.25, 0.3) is 0 Å². The van der Waals surface area contributed by atoms with Crippen LogP contribution in [0.2, 0.25) is 0 Å². The van der Waals surface area contributed by atoms with Crippen molar-refractivity contribution in [2.75, 3.05) is 52.4 Å². The average molecular weight is 495 g/mol. The van der Waals surface area contributed by atoms with Crippen LogP contribution in [-0.4, -0.2) is 96.3 Å². The fourth-order valence-corrected chi connectivity index (χ4v) is 5.86. The largest absolute Gasteiger partial charge is 0.489 e. The van der Waals surface area contributed by atoms with E-state index in [-0.39, 0.29) is 23.7 Å². The summed E-state index contributed by atoms with van der Waals surface area (Å²) in [5, 5.41) is 0. The van der Waals surface area contributed by atoms with E-state index in [1.165, 1.54) is 6.42 Å². The summed E-state index contributed by atoms with van der Waals surface area (Å²) in [5.74, 6) is 1.54. The van der Waals surface area contributed by atoms with Crippen LogP contribution in [0, 0.1) is 11.8 Å². The van der Waals surface area contributed by atoms with E-state index < -0.39 is 0 Å². The summed E-state index contributed by atoms with van der Waals surface area (Å²) in [5.41, 5.74) is 1.13. The van der Waals surface area contributed by atoms with Crippen molar-refractivity contribution in [1.29, 1.82) is 0 Å². The van der Waals surface area contributed by atoms with E-state index in [1.54, 1.807) is 4.90 Å². The smallest absolute Gasteiger partial charge is 0.236 e. The third-order valence-corrected chi connectivity index (χ3v) is 8.41. The van der Waals surface area contributed by atoms with Crippen LogP contribution in [0.15, 0.2) is 36.4 Å². The molecule has 2 bridgehead atoms. The van der Waals surface area contributed by atoms with Gasteiger partial charge in [0.1, 0.15) is 12.4 Å². The molecule has 1 aromatic carbocycles. The number of carbonyl (C=O) groups is 3. The van der Waals surface area contributed by atoms with E-state index >= 15 is 0 Å². The Balaban J connectivity index is 1.30. The van der Waals surface area contributed by atoms with Crippen molar-refractivity contribution in [3.63, 3.8) is 0 Å². The van der Waals surface area contributed by atoms with Crippen LogP contribution in [0.25, 0.3) is 0 Å². The van der Waals surface area contributed by atoms with Gasteiger partial charge in [0.15, 0.2) is 0 Å². The molecule has 1 aromatic rings. The van der Waals surface area contributed by atoms with Gasteiger partial charge >= 0.3 is 0 Å². The van der Waals surface area contributed by atoms with Crippen LogP contribution in [0.4, 0.5) is 0 Å². The Morgan fingerprint density at radius 1 is 1.03 bits per heavy atom. The molecule has 1 saturated carbocycles.